The van der Waals surface area contributed by atoms with Crippen LogP contribution in [0.25, 0.3) is 0 Å². The lowest BCUT2D eigenvalue weighted by molar-refractivity contribution is 0.359. The molecule has 0 radical (unpaired) electrons. The Bertz CT molecular complexity index is 1200. The molecule has 0 aliphatic carbocycles. The molecular weight excluding hydrogens is 444 g/mol. The van der Waals surface area contributed by atoms with Crippen LogP contribution in [-0.2, 0) is 23.7 Å². The summed E-state index contributed by atoms with van der Waals surface area (Å²) in [6.45, 7) is 8.40. The molecule has 188 valence electrons. The summed E-state index contributed by atoms with van der Waals surface area (Å²) < 4.78 is 16.1. The van der Waals surface area contributed by atoms with E-state index in [4.69, 9.17) is 14.2 Å². The van der Waals surface area contributed by atoms with Crippen LogP contribution < -0.4 is 14.2 Å². The molecule has 0 heterocycles. The maximum Gasteiger partial charge on any atom is 0.161 e. The summed E-state index contributed by atoms with van der Waals surface area (Å²) in [7, 11) is 4.61. The molecule has 0 bridgehead atoms. The van der Waals surface area contributed by atoms with Crippen LogP contribution in [0, 0.1) is 0 Å². The summed E-state index contributed by atoms with van der Waals surface area (Å²) >= 11 is 0. The Kier molecular flexibility index (Phi) is 7.44. The van der Waals surface area contributed by atoms with Crippen LogP contribution in [-0.4, -0.2) is 36.6 Å². The van der Waals surface area contributed by atoms with E-state index in [9.17, 15) is 15.3 Å². The second-order valence-corrected chi connectivity index (χ2v) is 10.2. The molecular formula is C29H36O6. The molecule has 0 saturated carbocycles. The van der Waals surface area contributed by atoms with Gasteiger partial charge in [0.05, 0.1) is 21.3 Å². The SMILES string of the molecule is COc1cc(CC(C)(C)c2cc(CC(C)(C)c3ccc(O)c(OC)c3)cc(OC)c2O)ccc1O. The Morgan fingerprint density at radius 1 is 0.600 bits per heavy atom. The lowest BCUT2D eigenvalue weighted by Gasteiger charge is -2.30. The van der Waals surface area contributed by atoms with Gasteiger partial charge in [0.15, 0.2) is 34.5 Å². The third-order valence-corrected chi connectivity index (χ3v) is 6.58. The average molecular weight is 481 g/mol. The minimum atomic E-state index is -0.443. The second-order valence-electron chi connectivity index (χ2n) is 10.2. The van der Waals surface area contributed by atoms with Crippen molar-refractivity contribution in [3.63, 3.8) is 0 Å². The molecule has 0 atom stereocenters. The Hall–Kier alpha value is -3.54. The molecule has 6 nitrogen and oxygen atoms in total. The van der Waals surface area contributed by atoms with Crippen LogP contribution in [0.15, 0.2) is 48.5 Å². The van der Waals surface area contributed by atoms with Crippen LogP contribution in [0.5, 0.6) is 34.5 Å². The molecule has 3 aromatic rings. The molecule has 6 heteroatoms. The van der Waals surface area contributed by atoms with E-state index in [2.05, 4.69) is 27.7 Å². The van der Waals surface area contributed by atoms with Gasteiger partial charge in [0.25, 0.3) is 0 Å². The summed E-state index contributed by atoms with van der Waals surface area (Å²) in [5.41, 5.74) is 3.07. The third kappa shape index (κ3) is 5.59. The number of benzene rings is 3. The van der Waals surface area contributed by atoms with E-state index in [1.165, 1.54) is 14.2 Å². The van der Waals surface area contributed by atoms with Gasteiger partial charge < -0.3 is 29.5 Å². The fraction of sp³-hybridized carbons (Fsp3) is 0.379. The summed E-state index contributed by atoms with van der Waals surface area (Å²) in [5.74, 6) is 1.59. The first-order chi connectivity index (χ1) is 16.4. The van der Waals surface area contributed by atoms with Crippen molar-refractivity contribution < 1.29 is 29.5 Å². The number of ether oxygens (including phenoxy) is 3. The summed E-state index contributed by atoms with van der Waals surface area (Å²) in [5, 5.41) is 31.0. The van der Waals surface area contributed by atoms with Crippen molar-refractivity contribution in [1.29, 1.82) is 0 Å². The molecule has 0 unspecified atom stereocenters. The largest absolute Gasteiger partial charge is 0.504 e. The van der Waals surface area contributed by atoms with Crippen LogP contribution in [0.3, 0.4) is 0 Å². The molecule has 0 spiro atoms. The Labute approximate surface area is 207 Å². The highest BCUT2D eigenvalue weighted by molar-refractivity contribution is 5.53. The number of phenolic OH excluding ortho intramolecular Hbond substituents is 3. The predicted molar refractivity (Wildman–Crippen MR) is 137 cm³/mol. The van der Waals surface area contributed by atoms with E-state index in [-0.39, 0.29) is 22.7 Å². The van der Waals surface area contributed by atoms with Crippen molar-refractivity contribution in [2.45, 2.75) is 51.4 Å². The quantitative estimate of drug-likeness (QED) is 0.355. The van der Waals surface area contributed by atoms with Crippen LogP contribution >= 0.6 is 0 Å². The van der Waals surface area contributed by atoms with E-state index in [1.807, 2.05) is 36.4 Å². The maximum absolute atomic E-state index is 11.1. The first kappa shape index (κ1) is 26.1. The number of hydrogen-bond donors (Lipinski definition) is 3. The standard InChI is InChI=1S/C29H36O6/c1-28(2,20-9-11-23(31)25(15-20)34-6)17-19-12-21(27(32)26(14-19)35-7)29(3,4)16-18-8-10-22(30)24(13-18)33-5/h8-15,30-32H,16-17H2,1-7H3. The van der Waals surface area contributed by atoms with Crippen molar-refractivity contribution in [3.8, 4) is 34.5 Å². The minimum absolute atomic E-state index is 0.0914. The monoisotopic (exact) mass is 480 g/mol. The topological polar surface area (TPSA) is 88.4 Å². The van der Waals surface area contributed by atoms with Gasteiger partial charge in [0.2, 0.25) is 0 Å². The van der Waals surface area contributed by atoms with Gasteiger partial charge in [-0.05, 0) is 70.7 Å². The lowest BCUT2D eigenvalue weighted by atomic mass is 9.75. The Morgan fingerprint density at radius 2 is 1.11 bits per heavy atom. The molecule has 0 fully saturated rings. The molecule has 3 N–H and O–H groups in total. The first-order valence-electron chi connectivity index (χ1n) is 11.6. The zero-order valence-electron chi connectivity index (χ0n) is 21.6. The van der Waals surface area contributed by atoms with Gasteiger partial charge >= 0.3 is 0 Å². The minimum Gasteiger partial charge on any atom is -0.504 e. The summed E-state index contributed by atoms with van der Waals surface area (Å²) in [6.07, 6.45) is 1.29. The summed E-state index contributed by atoms with van der Waals surface area (Å²) in [4.78, 5) is 0. The molecule has 35 heavy (non-hydrogen) atoms. The maximum atomic E-state index is 11.1. The van der Waals surface area contributed by atoms with Crippen molar-refractivity contribution in [2.24, 2.45) is 0 Å². The van der Waals surface area contributed by atoms with Crippen LogP contribution in [0.4, 0.5) is 0 Å². The van der Waals surface area contributed by atoms with E-state index in [0.29, 0.717) is 30.1 Å². The number of rotatable bonds is 9. The Morgan fingerprint density at radius 3 is 1.71 bits per heavy atom. The smallest absolute Gasteiger partial charge is 0.161 e. The van der Waals surface area contributed by atoms with Crippen molar-refractivity contribution >= 4 is 0 Å². The molecule has 0 aromatic heterocycles. The number of methoxy groups -OCH3 is 3. The van der Waals surface area contributed by atoms with Gasteiger partial charge in [-0.2, -0.15) is 0 Å². The summed E-state index contributed by atoms with van der Waals surface area (Å²) in [6, 6.07) is 14.6. The van der Waals surface area contributed by atoms with Crippen LogP contribution in [0.2, 0.25) is 0 Å². The number of phenols is 3. The normalized spacial score (nSPS) is 11.9. The second kappa shape index (κ2) is 9.98. The zero-order chi connectivity index (χ0) is 26.0. The molecule has 0 aliphatic heterocycles. The molecule has 3 aromatic carbocycles. The van der Waals surface area contributed by atoms with Crippen molar-refractivity contribution in [2.75, 3.05) is 21.3 Å². The van der Waals surface area contributed by atoms with E-state index < -0.39 is 5.41 Å². The predicted octanol–water partition coefficient (Wildman–Crippen LogP) is 5.87. The van der Waals surface area contributed by atoms with Crippen LogP contribution in [0.1, 0.15) is 49.9 Å². The fourth-order valence-electron chi connectivity index (χ4n) is 4.59. The first-order valence-corrected chi connectivity index (χ1v) is 11.6. The fourth-order valence-corrected chi connectivity index (χ4v) is 4.59. The van der Waals surface area contributed by atoms with Gasteiger partial charge in [0, 0.05) is 5.56 Å². The van der Waals surface area contributed by atoms with Gasteiger partial charge in [-0.15, -0.1) is 0 Å². The van der Waals surface area contributed by atoms with Crippen molar-refractivity contribution in [1.82, 2.24) is 0 Å². The molecule has 3 rings (SSSR count). The highest BCUT2D eigenvalue weighted by Crippen LogP contribution is 2.43. The highest BCUT2D eigenvalue weighted by Gasteiger charge is 2.29. The number of hydrogen-bond acceptors (Lipinski definition) is 6. The highest BCUT2D eigenvalue weighted by atomic mass is 16.5. The van der Waals surface area contributed by atoms with E-state index in [1.54, 1.807) is 19.2 Å². The average Bonchev–Trinajstić information content (AvgIpc) is 2.81. The van der Waals surface area contributed by atoms with Gasteiger partial charge in [-0.1, -0.05) is 45.9 Å². The van der Waals surface area contributed by atoms with Gasteiger partial charge in [-0.25, -0.2) is 0 Å². The molecule has 0 saturated heterocycles. The third-order valence-electron chi connectivity index (χ3n) is 6.58. The zero-order valence-corrected chi connectivity index (χ0v) is 21.6. The van der Waals surface area contributed by atoms with Gasteiger partial charge in [0.1, 0.15) is 0 Å². The van der Waals surface area contributed by atoms with Crippen molar-refractivity contribution in [3.05, 3.63) is 70.8 Å². The van der Waals surface area contributed by atoms with Gasteiger partial charge in [-0.3, -0.25) is 0 Å². The molecule has 0 aliphatic rings. The number of aromatic hydroxyl groups is 3. The lowest BCUT2D eigenvalue weighted by Crippen LogP contribution is -2.23. The molecule has 0 amide bonds. The Balaban J connectivity index is 1.99. The van der Waals surface area contributed by atoms with E-state index in [0.717, 1.165) is 22.3 Å². The van der Waals surface area contributed by atoms with E-state index >= 15 is 0 Å².